The van der Waals surface area contributed by atoms with Crippen molar-refractivity contribution in [2.24, 2.45) is 10.9 Å². The molecule has 9 heteroatoms. The Labute approximate surface area is 196 Å². The number of halogens is 1. The third-order valence-electron chi connectivity index (χ3n) is 5.02. The molecule has 164 valence electrons. The zero-order chi connectivity index (χ0) is 20.1. The molecule has 0 radical (unpaired) electrons. The number of hydrogen-bond acceptors (Lipinski definition) is 4. The summed E-state index contributed by atoms with van der Waals surface area (Å²) in [5.41, 5.74) is 1.01. The van der Waals surface area contributed by atoms with Gasteiger partial charge in [-0.3, -0.25) is 0 Å². The maximum Gasteiger partial charge on any atom is 0.240 e. The number of rotatable bonds is 7. The molecule has 1 aromatic rings. The van der Waals surface area contributed by atoms with Crippen molar-refractivity contribution in [3.05, 3.63) is 29.8 Å². The van der Waals surface area contributed by atoms with Gasteiger partial charge in [0.25, 0.3) is 0 Å². The zero-order valence-electron chi connectivity index (χ0n) is 17.4. The van der Waals surface area contributed by atoms with Crippen LogP contribution >= 0.6 is 35.7 Å². The molecular formula is C20H33IN4O2S2. The van der Waals surface area contributed by atoms with Crippen LogP contribution in [0.4, 0.5) is 0 Å². The third-order valence-corrected chi connectivity index (χ3v) is 8.09. The van der Waals surface area contributed by atoms with E-state index in [9.17, 15) is 8.42 Å². The van der Waals surface area contributed by atoms with Crippen molar-refractivity contribution in [2.45, 2.75) is 56.3 Å². The molecule has 1 saturated heterocycles. The molecule has 1 aromatic carbocycles. The summed E-state index contributed by atoms with van der Waals surface area (Å²) in [5.74, 6) is 2.71. The first-order chi connectivity index (χ1) is 13.4. The molecule has 1 heterocycles. The lowest BCUT2D eigenvalue weighted by molar-refractivity contribution is 0.381. The molecule has 1 aliphatic heterocycles. The predicted molar refractivity (Wildman–Crippen MR) is 133 cm³/mol. The fourth-order valence-corrected chi connectivity index (χ4v) is 5.73. The smallest absolute Gasteiger partial charge is 0.240 e. The summed E-state index contributed by atoms with van der Waals surface area (Å²) in [5, 5.41) is 4.03. The van der Waals surface area contributed by atoms with E-state index in [1.54, 1.807) is 12.1 Å². The molecular weight excluding hydrogens is 519 g/mol. The van der Waals surface area contributed by atoms with Crippen LogP contribution < -0.4 is 10.0 Å². The Morgan fingerprint density at radius 2 is 1.97 bits per heavy atom. The van der Waals surface area contributed by atoms with Crippen LogP contribution in [0.1, 0.15) is 39.2 Å². The van der Waals surface area contributed by atoms with Crippen molar-refractivity contribution < 1.29 is 8.42 Å². The zero-order valence-corrected chi connectivity index (χ0v) is 21.4. The van der Waals surface area contributed by atoms with Gasteiger partial charge >= 0.3 is 0 Å². The van der Waals surface area contributed by atoms with Gasteiger partial charge < -0.3 is 10.2 Å². The minimum Gasteiger partial charge on any atom is -0.357 e. The van der Waals surface area contributed by atoms with E-state index in [2.05, 4.69) is 47.5 Å². The van der Waals surface area contributed by atoms with E-state index >= 15 is 0 Å². The second-order valence-corrected chi connectivity index (χ2v) is 10.9. The van der Waals surface area contributed by atoms with Gasteiger partial charge in [-0.2, -0.15) is 11.8 Å². The second-order valence-electron chi connectivity index (χ2n) is 7.81. The van der Waals surface area contributed by atoms with Crippen molar-refractivity contribution in [3.8, 4) is 0 Å². The number of hydrogen-bond donors (Lipinski definition) is 2. The van der Waals surface area contributed by atoms with Gasteiger partial charge in [0.2, 0.25) is 10.0 Å². The van der Waals surface area contributed by atoms with E-state index in [1.165, 1.54) is 0 Å². The summed E-state index contributed by atoms with van der Waals surface area (Å²) >= 11 is 2.05. The van der Waals surface area contributed by atoms with Crippen molar-refractivity contribution in [2.75, 3.05) is 25.4 Å². The van der Waals surface area contributed by atoms with E-state index in [4.69, 9.17) is 4.99 Å². The molecule has 1 atom stereocenters. The highest BCUT2D eigenvalue weighted by Crippen LogP contribution is 2.25. The lowest BCUT2D eigenvalue weighted by Crippen LogP contribution is -2.49. The Bertz CT molecular complexity index is 780. The summed E-state index contributed by atoms with van der Waals surface area (Å²) in [4.78, 5) is 7.48. The molecule has 6 nitrogen and oxygen atoms in total. The molecule has 2 aliphatic rings. The summed E-state index contributed by atoms with van der Waals surface area (Å²) in [6.45, 7) is 10.0. The quantitative estimate of drug-likeness (QED) is 0.309. The van der Waals surface area contributed by atoms with Gasteiger partial charge in [-0.15, -0.1) is 24.0 Å². The Morgan fingerprint density at radius 3 is 2.55 bits per heavy atom. The molecule has 0 amide bonds. The largest absolute Gasteiger partial charge is 0.357 e. The Balaban J connectivity index is 0.00000300. The Morgan fingerprint density at radius 1 is 1.28 bits per heavy atom. The lowest BCUT2D eigenvalue weighted by atomic mass is 10.1. The predicted octanol–water partition coefficient (Wildman–Crippen LogP) is 3.28. The number of nitrogens with zero attached hydrogens (tertiary/aromatic N) is 2. The molecule has 0 aromatic heterocycles. The van der Waals surface area contributed by atoms with Crippen LogP contribution in [0.3, 0.4) is 0 Å². The molecule has 1 saturated carbocycles. The highest BCUT2D eigenvalue weighted by molar-refractivity contribution is 14.0. The summed E-state index contributed by atoms with van der Waals surface area (Å²) < 4.78 is 27.3. The van der Waals surface area contributed by atoms with E-state index in [-0.39, 0.29) is 30.0 Å². The monoisotopic (exact) mass is 552 g/mol. The first-order valence-electron chi connectivity index (χ1n) is 10.1. The lowest BCUT2D eigenvalue weighted by Gasteiger charge is -2.36. The van der Waals surface area contributed by atoms with E-state index in [0.29, 0.717) is 22.6 Å². The van der Waals surface area contributed by atoms with Gasteiger partial charge in [-0.25, -0.2) is 18.1 Å². The van der Waals surface area contributed by atoms with Crippen molar-refractivity contribution in [1.82, 2.24) is 14.9 Å². The standard InChI is InChI=1S/C20H32N4O2S2.HI/c1-4-21-20(24-11-12-27-19(14-24)15(2)3)22-13-16-5-9-18(10-6-16)28(25,26)23-17-7-8-17;/h5-6,9-10,15,17,19,23H,4,7-8,11-14H2,1-3H3,(H,21,22);1H. The summed E-state index contributed by atoms with van der Waals surface area (Å²) in [6.07, 6.45) is 1.87. The van der Waals surface area contributed by atoms with Crippen LogP contribution in [-0.4, -0.2) is 56.0 Å². The maximum absolute atomic E-state index is 12.3. The minimum absolute atomic E-state index is 0. The van der Waals surface area contributed by atoms with Crippen molar-refractivity contribution in [3.63, 3.8) is 0 Å². The molecule has 3 rings (SSSR count). The summed E-state index contributed by atoms with van der Waals surface area (Å²) in [6, 6.07) is 7.19. The third kappa shape index (κ3) is 7.29. The number of aliphatic imine (C=N–C) groups is 1. The van der Waals surface area contributed by atoms with Crippen LogP contribution in [0.5, 0.6) is 0 Å². The van der Waals surface area contributed by atoms with Crippen LogP contribution in [-0.2, 0) is 16.6 Å². The van der Waals surface area contributed by atoms with Crippen LogP contribution in [0.15, 0.2) is 34.2 Å². The van der Waals surface area contributed by atoms with Gasteiger partial charge in [0.05, 0.1) is 11.4 Å². The number of thioether (sulfide) groups is 1. The highest BCUT2D eigenvalue weighted by Gasteiger charge is 2.28. The van der Waals surface area contributed by atoms with Crippen LogP contribution in [0.25, 0.3) is 0 Å². The van der Waals surface area contributed by atoms with Gasteiger partial charge in [-0.1, -0.05) is 26.0 Å². The van der Waals surface area contributed by atoms with E-state index in [0.717, 1.165) is 49.8 Å². The van der Waals surface area contributed by atoms with Crippen LogP contribution in [0.2, 0.25) is 0 Å². The minimum atomic E-state index is -3.39. The van der Waals surface area contributed by atoms with Gasteiger partial charge in [-0.05, 0) is 43.4 Å². The molecule has 29 heavy (non-hydrogen) atoms. The topological polar surface area (TPSA) is 73.8 Å². The van der Waals surface area contributed by atoms with Crippen LogP contribution in [0, 0.1) is 5.92 Å². The summed E-state index contributed by atoms with van der Waals surface area (Å²) in [7, 11) is -3.39. The first kappa shape index (κ1) is 24.7. The Hall–Kier alpha value is -0.520. The van der Waals surface area contributed by atoms with Gasteiger partial charge in [0, 0.05) is 36.7 Å². The maximum atomic E-state index is 12.3. The number of guanidine groups is 1. The second kappa shape index (κ2) is 11.2. The molecule has 0 bridgehead atoms. The number of benzene rings is 1. The molecule has 2 fully saturated rings. The number of sulfonamides is 1. The normalized spacial score (nSPS) is 20.5. The fraction of sp³-hybridized carbons (Fsp3) is 0.650. The molecule has 0 spiro atoms. The van der Waals surface area contributed by atoms with Crippen molar-refractivity contribution in [1.29, 1.82) is 0 Å². The first-order valence-corrected chi connectivity index (χ1v) is 12.7. The average Bonchev–Trinajstić information content (AvgIpc) is 3.49. The SMILES string of the molecule is CCNC(=NCc1ccc(S(=O)(=O)NC2CC2)cc1)N1CCSC(C(C)C)C1.I. The van der Waals surface area contributed by atoms with Crippen molar-refractivity contribution >= 4 is 51.7 Å². The molecule has 1 unspecified atom stereocenters. The van der Waals surface area contributed by atoms with Gasteiger partial charge in [0.1, 0.15) is 0 Å². The van der Waals surface area contributed by atoms with E-state index < -0.39 is 10.0 Å². The molecule has 1 aliphatic carbocycles. The fourth-order valence-electron chi connectivity index (χ4n) is 3.13. The number of nitrogens with one attached hydrogen (secondary N) is 2. The highest BCUT2D eigenvalue weighted by atomic mass is 127. The Kier molecular flexibility index (Phi) is 9.56. The van der Waals surface area contributed by atoms with Gasteiger partial charge in [0.15, 0.2) is 5.96 Å². The average molecular weight is 553 g/mol. The van der Waals surface area contributed by atoms with E-state index in [1.807, 2.05) is 12.1 Å². The molecule has 2 N–H and O–H groups in total.